The van der Waals surface area contributed by atoms with Gasteiger partial charge in [-0.05, 0) is 97.4 Å². The minimum absolute atomic E-state index is 0.00308. The Morgan fingerprint density at radius 3 is 2.49 bits per heavy atom. The second-order valence-corrected chi connectivity index (χ2v) is 15.5. The van der Waals surface area contributed by atoms with Crippen molar-refractivity contribution in [3.63, 3.8) is 0 Å². The number of fused-ring (bicyclic) bond motifs is 8. The molecule has 0 N–H and O–H groups in total. The van der Waals surface area contributed by atoms with Gasteiger partial charge in [0.05, 0.1) is 31.2 Å². The van der Waals surface area contributed by atoms with Crippen molar-refractivity contribution in [2.24, 2.45) is 51.2 Å². The molecule has 0 radical (unpaired) electrons. The van der Waals surface area contributed by atoms with Gasteiger partial charge in [0.15, 0.2) is 5.78 Å². The van der Waals surface area contributed by atoms with E-state index in [2.05, 4.69) is 52.8 Å². The molecule has 1 unspecified atom stereocenters. The summed E-state index contributed by atoms with van der Waals surface area (Å²) >= 11 is 0. The molecule has 0 saturated heterocycles. The third-order valence-electron chi connectivity index (χ3n) is 12.9. The van der Waals surface area contributed by atoms with Crippen molar-refractivity contribution < 1.29 is 23.6 Å². The van der Waals surface area contributed by atoms with Gasteiger partial charge in [-0.1, -0.05) is 45.3 Å². The Kier molecular flexibility index (Phi) is 5.96. The van der Waals surface area contributed by atoms with Crippen LogP contribution in [-0.2, 0) is 30.9 Å². The van der Waals surface area contributed by atoms with Crippen LogP contribution in [0.1, 0.15) is 91.4 Å². The lowest BCUT2D eigenvalue weighted by molar-refractivity contribution is -0.173. The van der Waals surface area contributed by atoms with Crippen molar-refractivity contribution in [3.05, 3.63) is 29.2 Å². The van der Waals surface area contributed by atoms with Crippen molar-refractivity contribution in [2.75, 3.05) is 20.8 Å². The molecule has 6 rings (SSSR count). The van der Waals surface area contributed by atoms with Crippen LogP contribution in [0.15, 0.2) is 22.4 Å². The molecular weight excluding hydrogens is 490 g/mol. The second kappa shape index (κ2) is 8.53. The Morgan fingerprint density at radius 1 is 1.05 bits per heavy atom. The van der Waals surface area contributed by atoms with Crippen LogP contribution < -0.4 is 0 Å². The molecule has 3 fully saturated rings. The van der Waals surface area contributed by atoms with Crippen molar-refractivity contribution in [1.82, 2.24) is 5.16 Å². The van der Waals surface area contributed by atoms with Gasteiger partial charge in [-0.3, -0.25) is 9.59 Å². The van der Waals surface area contributed by atoms with Gasteiger partial charge in [0, 0.05) is 18.6 Å². The van der Waals surface area contributed by atoms with E-state index in [9.17, 15) is 9.59 Å². The predicted molar refractivity (Wildman–Crippen MR) is 148 cm³/mol. The first-order valence-electron chi connectivity index (χ1n) is 15.0. The minimum atomic E-state index is -0.296. The highest BCUT2D eigenvalue weighted by atomic mass is 16.5. The van der Waals surface area contributed by atoms with Crippen LogP contribution in [0.4, 0.5) is 0 Å². The topological polar surface area (TPSA) is 78.6 Å². The molecule has 5 aliphatic carbocycles. The molecule has 6 heteroatoms. The SMILES string of the molecule is COC[C@]1(C)c2oncc2C[C@]2(C)C3=CC(=O)[C@@H]4[C@@H]5CC(C)(C)C[C@@H](C(=O)OC)C5CC[C@@]4(C)[C@]3(C)CC[C@H]21. The first-order chi connectivity index (χ1) is 18.3. The molecule has 39 heavy (non-hydrogen) atoms. The lowest BCUT2D eigenvalue weighted by Gasteiger charge is -2.68. The molecule has 1 heterocycles. The van der Waals surface area contributed by atoms with E-state index in [0.717, 1.165) is 56.3 Å². The van der Waals surface area contributed by atoms with Gasteiger partial charge in [0.2, 0.25) is 0 Å². The predicted octanol–water partition coefficient (Wildman–Crippen LogP) is 6.32. The summed E-state index contributed by atoms with van der Waals surface area (Å²) in [5.74, 6) is 1.70. The fourth-order valence-electron chi connectivity index (χ4n) is 11.3. The summed E-state index contributed by atoms with van der Waals surface area (Å²) in [5.41, 5.74) is 1.77. The van der Waals surface area contributed by atoms with Gasteiger partial charge in [-0.25, -0.2) is 0 Å². The molecule has 1 aromatic rings. The number of carbonyl (C=O) groups is 2. The van der Waals surface area contributed by atoms with Crippen LogP contribution in [0.5, 0.6) is 0 Å². The fraction of sp³-hybridized carbons (Fsp3) is 0.788. The summed E-state index contributed by atoms with van der Waals surface area (Å²) in [7, 11) is 3.27. The highest BCUT2D eigenvalue weighted by Gasteiger charge is 2.69. The summed E-state index contributed by atoms with van der Waals surface area (Å²) in [6.07, 6.45) is 10.7. The Labute approximate surface area is 233 Å². The van der Waals surface area contributed by atoms with Gasteiger partial charge in [0.25, 0.3) is 0 Å². The van der Waals surface area contributed by atoms with E-state index in [1.807, 2.05) is 6.20 Å². The van der Waals surface area contributed by atoms with E-state index in [0.29, 0.717) is 12.5 Å². The number of methoxy groups -OCH3 is 2. The standard InChI is InChI=1S/C33H47NO5/c1-29(2)15-21-20(22(16-29)28(36)38-8)9-11-33(6)26(21)23(35)13-25-30(3)14-19-17-34-39-27(19)31(4,18-37-7)24(30)10-12-32(25,33)5/h13,17,20-22,24,26H,9-12,14-16,18H2,1-8H3/t20?,21-,22-,24-,26+,30+,31+,32-,33-/m1/s1. The number of rotatable bonds is 3. The van der Waals surface area contributed by atoms with E-state index in [4.69, 9.17) is 14.0 Å². The first kappa shape index (κ1) is 27.2. The van der Waals surface area contributed by atoms with Crippen molar-refractivity contribution in [3.8, 4) is 0 Å². The summed E-state index contributed by atoms with van der Waals surface area (Å²) in [6.45, 7) is 14.6. The van der Waals surface area contributed by atoms with Crippen LogP contribution in [0.3, 0.4) is 0 Å². The first-order valence-corrected chi connectivity index (χ1v) is 15.0. The van der Waals surface area contributed by atoms with Gasteiger partial charge >= 0.3 is 5.97 Å². The van der Waals surface area contributed by atoms with Crippen LogP contribution in [0.25, 0.3) is 0 Å². The van der Waals surface area contributed by atoms with Crippen molar-refractivity contribution in [2.45, 2.75) is 91.9 Å². The molecule has 3 saturated carbocycles. The van der Waals surface area contributed by atoms with E-state index in [-0.39, 0.29) is 62.5 Å². The Balaban J connectivity index is 1.47. The number of nitrogens with zero attached hydrogens (tertiary/aromatic N) is 1. The molecule has 0 spiro atoms. The number of esters is 1. The maximum Gasteiger partial charge on any atom is 0.308 e. The molecule has 5 aliphatic rings. The van der Waals surface area contributed by atoms with Crippen molar-refractivity contribution >= 4 is 11.8 Å². The molecule has 6 nitrogen and oxygen atoms in total. The normalized spacial score (nSPS) is 46.1. The Bertz CT molecular complexity index is 1230. The van der Waals surface area contributed by atoms with Gasteiger partial charge in [-0.15, -0.1) is 0 Å². The average Bonchev–Trinajstić information content (AvgIpc) is 3.33. The van der Waals surface area contributed by atoms with Crippen LogP contribution in [0.2, 0.25) is 0 Å². The minimum Gasteiger partial charge on any atom is -0.469 e. The van der Waals surface area contributed by atoms with Gasteiger partial charge < -0.3 is 14.0 Å². The lowest BCUT2D eigenvalue weighted by Crippen LogP contribution is -2.64. The molecule has 0 bridgehead atoms. The summed E-state index contributed by atoms with van der Waals surface area (Å²) < 4.78 is 17.0. The molecule has 9 atom stereocenters. The Morgan fingerprint density at radius 2 is 1.79 bits per heavy atom. The van der Waals surface area contributed by atoms with Crippen LogP contribution >= 0.6 is 0 Å². The monoisotopic (exact) mass is 537 g/mol. The number of allylic oxidation sites excluding steroid dienone is 2. The smallest absolute Gasteiger partial charge is 0.308 e. The number of hydrogen-bond donors (Lipinski definition) is 0. The second-order valence-electron chi connectivity index (χ2n) is 15.5. The number of aromatic nitrogens is 1. The number of hydrogen-bond acceptors (Lipinski definition) is 6. The average molecular weight is 538 g/mol. The summed E-state index contributed by atoms with van der Waals surface area (Å²) in [6, 6.07) is 0. The molecule has 214 valence electrons. The number of ether oxygens (including phenoxy) is 2. The summed E-state index contributed by atoms with van der Waals surface area (Å²) in [5, 5.41) is 4.22. The number of ketones is 1. The molecule has 0 aromatic carbocycles. The van der Waals surface area contributed by atoms with E-state index in [1.165, 1.54) is 12.7 Å². The molecule has 0 amide bonds. The molecule has 0 aliphatic heterocycles. The number of carbonyl (C=O) groups excluding carboxylic acids is 2. The zero-order chi connectivity index (χ0) is 28.2. The fourth-order valence-corrected chi connectivity index (χ4v) is 11.3. The zero-order valence-electron chi connectivity index (χ0n) is 25.2. The largest absolute Gasteiger partial charge is 0.469 e. The molecular formula is C33H47NO5. The van der Waals surface area contributed by atoms with Gasteiger partial charge in [-0.2, -0.15) is 0 Å². The van der Waals surface area contributed by atoms with E-state index < -0.39 is 0 Å². The maximum absolute atomic E-state index is 14.5. The van der Waals surface area contributed by atoms with Crippen LogP contribution in [-0.4, -0.2) is 37.7 Å². The lowest BCUT2D eigenvalue weighted by atomic mass is 9.35. The van der Waals surface area contributed by atoms with Crippen molar-refractivity contribution in [1.29, 1.82) is 0 Å². The van der Waals surface area contributed by atoms with E-state index in [1.54, 1.807) is 7.11 Å². The van der Waals surface area contributed by atoms with E-state index >= 15 is 0 Å². The zero-order valence-corrected chi connectivity index (χ0v) is 25.2. The van der Waals surface area contributed by atoms with Gasteiger partial charge in [0.1, 0.15) is 5.76 Å². The molecule has 1 aromatic heterocycles. The third-order valence-corrected chi connectivity index (χ3v) is 12.9. The third kappa shape index (κ3) is 3.45. The van der Waals surface area contributed by atoms with Crippen LogP contribution in [0, 0.1) is 51.2 Å². The highest BCUT2D eigenvalue weighted by molar-refractivity contribution is 5.95. The Hall–Kier alpha value is -1.95. The summed E-state index contributed by atoms with van der Waals surface area (Å²) in [4.78, 5) is 27.5. The quantitative estimate of drug-likeness (QED) is 0.420. The highest BCUT2D eigenvalue weighted by Crippen LogP contribution is 2.73. The maximum atomic E-state index is 14.5.